The molecular weight excluding hydrogens is 236 g/mol. The summed E-state index contributed by atoms with van der Waals surface area (Å²) in [5.74, 6) is -1.08. The Labute approximate surface area is 107 Å². The molecule has 0 saturated heterocycles. The molecule has 4 N–H and O–H groups in total. The molecular formula is C12H22N2O4. The zero-order chi connectivity index (χ0) is 13.6. The van der Waals surface area contributed by atoms with Gasteiger partial charge in [-0.15, -0.1) is 0 Å². The minimum Gasteiger partial charge on any atom is -0.480 e. The lowest BCUT2D eigenvalue weighted by atomic mass is 9.77. The van der Waals surface area contributed by atoms with Gasteiger partial charge in [-0.1, -0.05) is 0 Å². The van der Waals surface area contributed by atoms with Crippen molar-refractivity contribution < 1.29 is 19.4 Å². The standard InChI is InChI=1S/C12H22N2O4/c1-18-8-2-7-14-10(15)9-3-5-12(13,6-4-9)11(16)17/h9H,2-8,13H2,1H3,(H,14,15)(H,16,17). The third-order valence-corrected chi connectivity index (χ3v) is 3.50. The molecule has 0 unspecified atom stereocenters. The van der Waals surface area contributed by atoms with E-state index in [9.17, 15) is 9.59 Å². The molecule has 1 saturated carbocycles. The summed E-state index contributed by atoms with van der Waals surface area (Å²) >= 11 is 0. The molecule has 0 spiro atoms. The molecule has 104 valence electrons. The number of carboxylic acid groups (broad SMARTS) is 1. The summed E-state index contributed by atoms with van der Waals surface area (Å²) in [5.41, 5.74) is 4.61. The highest BCUT2D eigenvalue weighted by molar-refractivity contribution is 5.81. The molecule has 0 atom stereocenters. The van der Waals surface area contributed by atoms with Gasteiger partial charge in [-0.3, -0.25) is 9.59 Å². The van der Waals surface area contributed by atoms with Crippen LogP contribution >= 0.6 is 0 Å². The molecule has 0 bridgehead atoms. The first-order chi connectivity index (χ1) is 8.49. The Morgan fingerprint density at radius 3 is 2.56 bits per heavy atom. The number of nitrogens with two attached hydrogens (primary N) is 1. The molecule has 1 fully saturated rings. The van der Waals surface area contributed by atoms with Crippen LogP contribution < -0.4 is 11.1 Å². The summed E-state index contributed by atoms with van der Waals surface area (Å²) in [6.07, 6.45) is 2.58. The molecule has 1 aliphatic carbocycles. The van der Waals surface area contributed by atoms with Gasteiger partial charge in [-0.05, 0) is 32.1 Å². The summed E-state index contributed by atoms with van der Waals surface area (Å²) < 4.78 is 4.89. The third kappa shape index (κ3) is 3.96. The van der Waals surface area contributed by atoms with Crippen molar-refractivity contribution in [2.24, 2.45) is 11.7 Å². The van der Waals surface area contributed by atoms with Crippen LogP contribution in [0.15, 0.2) is 0 Å². The van der Waals surface area contributed by atoms with Crippen LogP contribution in [0.3, 0.4) is 0 Å². The van der Waals surface area contributed by atoms with Gasteiger partial charge in [-0.25, -0.2) is 0 Å². The second kappa shape index (κ2) is 6.70. The van der Waals surface area contributed by atoms with Crippen molar-refractivity contribution in [3.8, 4) is 0 Å². The first-order valence-electron chi connectivity index (χ1n) is 6.28. The smallest absolute Gasteiger partial charge is 0.323 e. The van der Waals surface area contributed by atoms with Crippen molar-refractivity contribution in [2.45, 2.75) is 37.6 Å². The number of hydrogen-bond donors (Lipinski definition) is 3. The van der Waals surface area contributed by atoms with Crippen molar-refractivity contribution in [1.29, 1.82) is 0 Å². The second-order valence-corrected chi connectivity index (χ2v) is 4.87. The monoisotopic (exact) mass is 258 g/mol. The van der Waals surface area contributed by atoms with E-state index in [-0.39, 0.29) is 11.8 Å². The molecule has 18 heavy (non-hydrogen) atoms. The van der Waals surface area contributed by atoms with Gasteiger partial charge in [0.15, 0.2) is 0 Å². The maximum atomic E-state index is 11.8. The lowest BCUT2D eigenvalue weighted by Crippen LogP contribution is -2.51. The van der Waals surface area contributed by atoms with Crippen LogP contribution in [0.4, 0.5) is 0 Å². The average molecular weight is 258 g/mol. The van der Waals surface area contributed by atoms with Crippen molar-refractivity contribution in [2.75, 3.05) is 20.3 Å². The Hall–Kier alpha value is -1.14. The number of aliphatic carboxylic acids is 1. The molecule has 0 aromatic heterocycles. The normalized spacial score (nSPS) is 27.8. The minimum atomic E-state index is -1.15. The molecule has 0 aromatic carbocycles. The molecule has 1 rings (SSSR count). The third-order valence-electron chi connectivity index (χ3n) is 3.50. The fraction of sp³-hybridized carbons (Fsp3) is 0.833. The second-order valence-electron chi connectivity index (χ2n) is 4.87. The number of hydrogen-bond acceptors (Lipinski definition) is 4. The summed E-state index contributed by atoms with van der Waals surface area (Å²) in [6, 6.07) is 0. The highest BCUT2D eigenvalue weighted by Crippen LogP contribution is 2.30. The van der Waals surface area contributed by atoms with Gasteiger partial charge in [0, 0.05) is 26.2 Å². The number of nitrogens with one attached hydrogen (secondary N) is 1. The lowest BCUT2D eigenvalue weighted by Gasteiger charge is -2.32. The van der Waals surface area contributed by atoms with Crippen LogP contribution in [0.5, 0.6) is 0 Å². The zero-order valence-electron chi connectivity index (χ0n) is 10.8. The van der Waals surface area contributed by atoms with Crippen LogP contribution in [0.25, 0.3) is 0 Å². The van der Waals surface area contributed by atoms with E-state index in [0.717, 1.165) is 6.42 Å². The number of carbonyl (C=O) groups excluding carboxylic acids is 1. The van der Waals surface area contributed by atoms with Gasteiger partial charge in [0.2, 0.25) is 5.91 Å². The largest absolute Gasteiger partial charge is 0.480 e. The van der Waals surface area contributed by atoms with Crippen molar-refractivity contribution in [1.82, 2.24) is 5.32 Å². The molecule has 0 radical (unpaired) electrons. The number of methoxy groups -OCH3 is 1. The van der Waals surface area contributed by atoms with Crippen molar-refractivity contribution in [3.63, 3.8) is 0 Å². The Balaban J connectivity index is 2.30. The number of carboxylic acids is 1. The topological polar surface area (TPSA) is 102 Å². The average Bonchev–Trinajstić information content (AvgIpc) is 2.35. The van der Waals surface area contributed by atoms with Gasteiger partial charge in [-0.2, -0.15) is 0 Å². The quantitative estimate of drug-likeness (QED) is 0.587. The summed E-state index contributed by atoms with van der Waals surface area (Å²) in [7, 11) is 1.62. The van der Waals surface area contributed by atoms with E-state index in [4.69, 9.17) is 15.6 Å². The molecule has 0 heterocycles. The zero-order valence-corrected chi connectivity index (χ0v) is 10.8. The fourth-order valence-electron chi connectivity index (χ4n) is 2.18. The predicted octanol–water partition coefficient (Wildman–Crippen LogP) is 0.111. The molecule has 6 heteroatoms. The van der Waals surface area contributed by atoms with Crippen LogP contribution in [0.1, 0.15) is 32.1 Å². The van der Waals surface area contributed by atoms with Crippen molar-refractivity contribution in [3.05, 3.63) is 0 Å². The summed E-state index contributed by atoms with van der Waals surface area (Å²) in [4.78, 5) is 22.8. The van der Waals surface area contributed by atoms with Gasteiger partial charge < -0.3 is 20.9 Å². The lowest BCUT2D eigenvalue weighted by molar-refractivity contribution is -0.146. The predicted molar refractivity (Wildman–Crippen MR) is 66.0 cm³/mol. The number of rotatable bonds is 6. The van der Waals surface area contributed by atoms with E-state index in [2.05, 4.69) is 5.32 Å². The van der Waals surface area contributed by atoms with Gasteiger partial charge in [0.25, 0.3) is 0 Å². The molecule has 6 nitrogen and oxygen atoms in total. The Kier molecular flexibility index (Phi) is 5.55. The van der Waals surface area contributed by atoms with E-state index < -0.39 is 11.5 Å². The molecule has 1 amide bonds. The van der Waals surface area contributed by atoms with Gasteiger partial charge in [0.05, 0.1) is 0 Å². The highest BCUT2D eigenvalue weighted by Gasteiger charge is 2.39. The van der Waals surface area contributed by atoms with E-state index in [1.54, 1.807) is 7.11 Å². The number of ether oxygens (including phenoxy) is 1. The van der Waals surface area contributed by atoms with Gasteiger partial charge in [0.1, 0.15) is 5.54 Å². The van der Waals surface area contributed by atoms with E-state index >= 15 is 0 Å². The van der Waals surface area contributed by atoms with Crippen molar-refractivity contribution >= 4 is 11.9 Å². The maximum absolute atomic E-state index is 11.8. The minimum absolute atomic E-state index is 0.00135. The maximum Gasteiger partial charge on any atom is 0.323 e. The Morgan fingerprint density at radius 1 is 1.44 bits per heavy atom. The molecule has 1 aliphatic rings. The molecule has 0 aliphatic heterocycles. The first-order valence-corrected chi connectivity index (χ1v) is 6.28. The first kappa shape index (κ1) is 14.9. The van der Waals surface area contributed by atoms with Gasteiger partial charge >= 0.3 is 5.97 Å². The van der Waals surface area contributed by atoms with E-state index in [0.29, 0.717) is 38.8 Å². The highest BCUT2D eigenvalue weighted by atomic mass is 16.5. The van der Waals surface area contributed by atoms with Crippen LogP contribution in [0, 0.1) is 5.92 Å². The van der Waals surface area contributed by atoms with Crippen LogP contribution in [-0.4, -0.2) is 42.8 Å². The summed E-state index contributed by atoms with van der Waals surface area (Å²) in [5, 5.41) is 11.8. The SMILES string of the molecule is COCCCNC(=O)C1CCC(N)(C(=O)O)CC1. The van der Waals surface area contributed by atoms with Crippen LogP contribution in [-0.2, 0) is 14.3 Å². The Morgan fingerprint density at radius 2 is 2.06 bits per heavy atom. The summed E-state index contributed by atoms with van der Waals surface area (Å²) in [6.45, 7) is 1.21. The van der Waals surface area contributed by atoms with Crippen LogP contribution in [0.2, 0.25) is 0 Å². The fourth-order valence-corrected chi connectivity index (χ4v) is 2.18. The molecule has 0 aromatic rings. The Bertz CT molecular complexity index is 298. The van der Waals surface area contributed by atoms with E-state index in [1.807, 2.05) is 0 Å². The number of carbonyl (C=O) groups is 2. The van der Waals surface area contributed by atoms with E-state index in [1.165, 1.54) is 0 Å². The number of amides is 1.